The standard InChI is InChI=1S/C28H30FN5O5/c1-3-33-17-20(16-32-33)19-13-22-24(34(28(36)37-4-2)11-10-21-7-5-6-12-38-21)26(39-27(22)31-15-19)25(35)18-8-9-23(29)30-14-18/h8-9,13-17,21H,3-7,10-12H2,1-2H3. The van der Waals surface area contributed by atoms with Crippen molar-refractivity contribution in [2.45, 2.75) is 52.2 Å². The number of halogens is 1. The van der Waals surface area contributed by atoms with E-state index >= 15 is 0 Å². The predicted octanol–water partition coefficient (Wildman–Crippen LogP) is 5.40. The number of ether oxygens (including phenoxy) is 2. The van der Waals surface area contributed by atoms with Gasteiger partial charge in [-0.1, -0.05) is 0 Å². The van der Waals surface area contributed by atoms with Gasteiger partial charge in [-0.25, -0.2) is 14.8 Å². The smallest absolute Gasteiger partial charge is 0.414 e. The van der Waals surface area contributed by atoms with E-state index < -0.39 is 17.8 Å². The summed E-state index contributed by atoms with van der Waals surface area (Å²) < 4.78 is 32.5. The van der Waals surface area contributed by atoms with E-state index in [9.17, 15) is 14.0 Å². The van der Waals surface area contributed by atoms with Crippen LogP contribution in [-0.2, 0) is 16.0 Å². The van der Waals surface area contributed by atoms with Crippen molar-refractivity contribution in [2.75, 3.05) is 24.7 Å². The molecule has 1 fully saturated rings. The number of pyridine rings is 2. The highest BCUT2D eigenvalue weighted by Gasteiger charge is 2.32. The average Bonchev–Trinajstić information content (AvgIpc) is 3.59. The minimum absolute atomic E-state index is 0.0112. The van der Waals surface area contributed by atoms with Crippen molar-refractivity contribution in [3.8, 4) is 11.1 Å². The molecule has 0 bridgehead atoms. The Morgan fingerprint density at radius 1 is 1.15 bits per heavy atom. The van der Waals surface area contributed by atoms with Gasteiger partial charge in [-0.3, -0.25) is 14.4 Å². The largest absolute Gasteiger partial charge is 0.449 e. The van der Waals surface area contributed by atoms with Crippen LogP contribution in [0.1, 0.15) is 55.6 Å². The zero-order chi connectivity index (χ0) is 27.4. The Hall–Kier alpha value is -4.12. The first kappa shape index (κ1) is 26.5. The van der Waals surface area contributed by atoms with Crippen LogP contribution < -0.4 is 4.90 Å². The number of nitrogens with zero attached hydrogens (tertiary/aromatic N) is 5. The number of hydrogen-bond donors (Lipinski definition) is 0. The Morgan fingerprint density at radius 2 is 2.03 bits per heavy atom. The van der Waals surface area contributed by atoms with Gasteiger partial charge in [0.15, 0.2) is 0 Å². The summed E-state index contributed by atoms with van der Waals surface area (Å²) >= 11 is 0. The van der Waals surface area contributed by atoms with E-state index in [-0.39, 0.29) is 42.0 Å². The number of furan rings is 1. The second kappa shape index (κ2) is 11.7. The topological polar surface area (TPSA) is 113 Å². The van der Waals surface area contributed by atoms with Crippen LogP contribution in [0, 0.1) is 5.95 Å². The molecule has 0 aliphatic carbocycles. The van der Waals surface area contributed by atoms with Crippen LogP contribution in [0.3, 0.4) is 0 Å². The molecule has 1 amide bonds. The number of ketones is 1. The molecule has 1 atom stereocenters. The maximum atomic E-state index is 13.6. The van der Waals surface area contributed by atoms with Gasteiger partial charge in [-0.15, -0.1) is 0 Å². The Labute approximate surface area is 224 Å². The third kappa shape index (κ3) is 5.68. The second-order valence-electron chi connectivity index (χ2n) is 9.27. The molecule has 0 N–H and O–H groups in total. The number of anilines is 1. The number of carbonyl (C=O) groups is 2. The van der Waals surface area contributed by atoms with Crippen molar-refractivity contribution < 1.29 is 27.9 Å². The molecule has 1 aliphatic heterocycles. The van der Waals surface area contributed by atoms with Crippen LogP contribution in [0.4, 0.5) is 14.9 Å². The maximum absolute atomic E-state index is 13.6. The maximum Gasteiger partial charge on any atom is 0.414 e. The van der Waals surface area contributed by atoms with E-state index in [0.717, 1.165) is 42.7 Å². The highest BCUT2D eigenvalue weighted by molar-refractivity contribution is 6.17. The summed E-state index contributed by atoms with van der Waals surface area (Å²) in [6.45, 7) is 5.47. The lowest BCUT2D eigenvalue weighted by Gasteiger charge is -2.27. The summed E-state index contributed by atoms with van der Waals surface area (Å²) in [5.74, 6) is -1.38. The third-order valence-corrected chi connectivity index (χ3v) is 6.71. The Bertz CT molecular complexity index is 1460. The molecule has 4 aromatic heterocycles. The SMILES string of the molecule is CCOC(=O)N(CCC1CCCCO1)c1c(C(=O)c2ccc(F)nc2)oc2ncc(-c3cnn(CC)c3)cc12. The molecular formula is C28H30FN5O5. The first-order valence-electron chi connectivity index (χ1n) is 13.2. The predicted molar refractivity (Wildman–Crippen MR) is 141 cm³/mol. The van der Waals surface area contributed by atoms with Crippen molar-refractivity contribution >= 4 is 28.7 Å². The van der Waals surface area contributed by atoms with E-state index in [1.54, 1.807) is 24.0 Å². The molecule has 5 rings (SSSR count). The van der Waals surface area contributed by atoms with Gasteiger partial charge < -0.3 is 13.9 Å². The van der Waals surface area contributed by atoms with Crippen LogP contribution in [-0.4, -0.2) is 57.5 Å². The lowest BCUT2D eigenvalue weighted by molar-refractivity contribution is 0.0125. The molecule has 39 heavy (non-hydrogen) atoms. The van der Waals surface area contributed by atoms with Crippen molar-refractivity contribution in [1.82, 2.24) is 19.7 Å². The Kier molecular flexibility index (Phi) is 7.97. The van der Waals surface area contributed by atoms with Crippen molar-refractivity contribution in [3.05, 3.63) is 60.3 Å². The van der Waals surface area contributed by atoms with Crippen LogP contribution in [0.25, 0.3) is 22.2 Å². The summed E-state index contributed by atoms with van der Waals surface area (Å²) in [6.07, 6.45) is 9.26. The molecule has 0 radical (unpaired) electrons. The van der Waals surface area contributed by atoms with E-state index in [0.29, 0.717) is 25.0 Å². The fraction of sp³-hybridized carbons (Fsp3) is 0.393. The fourth-order valence-electron chi connectivity index (χ4n) is 4.68. The summed E-state index contributed by atoms with van der Waals surface area (Å²) in [5.41, 5.74) is 2.10. The average molecular weight is 536 g/mol. The number of rotatable bonds is 9. The van der Waals surface area contributed by atoms with Crippen LogP contribution in [0.15, 0.2) is 47.4 Å². The van der Waals surface area contributed by atoms with Crippen molar-refractivity contribution in [1.29, 1.82) is 0 Å². The lowest BCUT2D eigenvalue weighted by Crippen LogP contribution is -2.36. The Morgan fingerprint density at radius 3 is 2.72 bits per heavy atom. The van der Waals surface area contributed by atoms with Crippen molar-refractivity contribution in [3.63, 3.8) is 0 Å². The number of amides is 1. The van der Waals surface area contributed by atoms with Gasteiger partial charge in [-0.05, 0) is 57.7 Å². The molecule has 204 valence electrons. The molecule has 5 heterocycles. The molecule has 1 saturated heterocycles. The quantitative estimate of drug-likeness (QED) is 0.207. The van der Waals surface area contributed by atoms with Gasteiger partial charge in [0.1, 0.15) is 5.69 Å². The number of fused-ring (bicyclic) bond motifs is 1. The molecule has 0 spiro atoms. The normalized spacial score (nSPS) is 15.4. The zero-order valence-corrected chi connectivity index (χ0v) is 21.9. The van der Waals surface area contributed by atoms with E-state index in [1.165, 1.54) is 11.0 Å². The highest BCUT2D eigenvalue weighted by Crippen LogP contribution is 2.37. The third-order valence-electron chi connectivity index (χ3n) is 6.71. The number of aromatic nitrogens is 4. The summed E-state index contributed by atoms with van der Waals surface area (Å²) in [7, 11) is 0. The van der Waals surface area contributed by atoms with Gasteiger partial charge in [0.25, 0.3) is 0 Å². The van der Waals surface area contributed by atoms with Gasteiger partial charge in [0, 0.05) is 55.0 Å². The van der Waals surface area contributed by atoms with Gasteiger partial charge >= 0.3 is 6.09 Å². The number of hydrogen-bond acceptors (Lipinski definition) is 8. The molecular weight excluding hydrogens is 505 g/mol. The van der Waals surface area contributed by atoms with E-state index in [2.05, 4.69) is 15.1 Å². The van der Waals surface area contributed by atoms with Gasteiger partial charge in [0.05, 0.1) is 24.3 Å². The van der Waals surface area contributed by atoms with E-state index in [4.69, 9.17) is 13.9 Å². The molecule has 1 unspecified atom stereocenters. The monoisotopic (exact) mass is 535 g/mol. The summed E-state index contributed by atoms with van der Waals surface area (Å²) in [5, 5.41) is 4.80. The highest BCUT2D eigenvalue weighted by atomic mass is 19.1. The molecule has 1 aliphatic rings. The number of aryl methyl sites for hydroxylation is 1. The Balaban J connectivity index is 1.63. The van der Waals surface area contributed by atoms with Crippen molar-refractivity contribution in [2.24, 2.45) is 0 Å². The molecule has 11 heteroatoms. The van der Waals surface area contributed by atoms with Gasteiger partial charge in [-0.2, -0.15) is 9.49 Å². The summed E-state index contributed by atoms with van der Waals surface area (Å²) in [4.78, 5) is 36.4. The van der Waals surface area contributed by atoms with Crippen LogP contribution in [0.5, 0.6) is 0 Å². The van der Waals surface area contributed by atoms with Crippen LogP contribution in [0.2, 0.25) is 0 Å². The molecule has 0 aromatic carbocycles. The zero-order valence-electron chi connectivity index (χ0n) is 21.9. The molecule has 0 saturated carbocycles. The number of carbonyl (C=O) groups excluding carboxylic acids is 2. The van der Waals surface area contributed by atoms with E-state index in [1.807, 2.05) is 19.2 Å². The van der Waals surface area contributed by atoms with Gasteiger partial charge in [0.2, 0.25) is 23.2 Å². The minimum atomic E-state index is -0.712. The first-order chi connectivity index (χ1) is 19.0. The second-order valence-corrected chi connectivity index (χ2v) is 9.27. The van der Waals surface area contributed by atoms with Crippen LogP contribution >= 0.6 is 0 Å². The molecule has 4 aromatic rings. The first-order valence-corrected chi connectivity index (χ1v) is 13.2. The summed E-state index contributed by atoms with van der Waals surface area (Å²) in [6, 6.07) is 4.24. The minimum Gasteiger partial charge on any atom is -0.449 e. The lowest BCUT2D eigenvalue weighted by atomic mass is 10.0. The molecule has 10 nitrogen and oxygen atoms in total. The fourth-order valence-corrected chi connectivity index (χ4v) is 4.68.